The zero-order chi connectivity index (χ0) is 49.7. The van der Waals surface area contributed by atoms with Gasteiger partial charge < -0.3 is 29.4 Å². The Morgan fingerprint density at radius 3 is 2.55 bits per heavy atom. The smallest absolute Gasteiger partial charge is 0.293 e. The van der Waals surface area contributed by atoms with Gasteiger partial charge in [-0.2, -0.15) is 0 Å². The monoisotopic (exact) mass is 1030 g/mol. The van der Waals surface area contributed by atoms with Gasteiger partial charge >= 0.3 is 0 Å². The van der Waals surface area contributed by atoms with Crippen molar-refractivity contribution in [2.75, 3.05) is 102 Å². The van der Waals surface area contributed by atoms with Crippen LogP contribution in [0.15, 0.2) is 77.3 Å². The number of carbonyl (C=O) groups is 1. The number of piperazine rings is 1. The number of likely N-dealkylation sites (tertiary alicyclic amines) is 1. The summed E-state index contributed by atoms with van der Waals surface area (Å²) in [5.74, 6) is 0.466. The molecule has 7 heterocycles. The fraction of sp³-hybridized carbons (Fsp3) is 0.510. The van der Waals surface area contributed by atoms with Crippen LogP contribution in [0, 0.1) is 26.9 Å². The summed E-state index contributed by atoms with van der Waals surface area (Å²) in [7, 11) is -7.72. The zero-order valence-corrected chi connectivity index (χ0v) is 42.6. The van der Waals surface area contributed by atoms with Crippen LogP contribution in [0.3, 0.4) is 0 Å². The molecule has 5 aliphatic rings. The number of nitrogens with one attached hydrogen (secondary N) is 3. The molecule has 4 aliphatic heterocycles. The quantitative estimate of drug-likeness (QED) is 0.0753. The molecule has 0 radical (unpaired) electrons. The number of hydrogen-bond donors (Lipinski definition) is 3. The van der Waals surface area contributed by atoms with Gasteiger partial charge in [-0.25, -0.2) is 30.8 Å². The molecule has 1 spiro atoms. The average molecular weight is 1030 g/mol. The molecule has 10 rings (SSSR count). The van der Waals surface area contributed by atoms with Crippen molar-refractivity contribution in [2.24, 2.45) is 16.7 Å². The van der Waals surface area contributed by atoms with E-state index in [1.54, 1.807) is 34.8 Å². The molecule has 0 bridgehead atoms. The van der Waals surface area contributed by atoms with Crippen LogP contribution < -0.4 is 19.7 Å². The van der Waals surface area contributed by atoms with E-state index in [0.717, 1.165) is 82.3 Å². The molecule has 3 atom stereocenters. The molecule has 380 valence electrons. The first kappa shape index (κ1) is 49.4. The molecule has 1 aliphatic carbocycles. The first-order chi connectivity index (χ1) is 33.9. The average Bonchev–Trinajstić information content (AvgIpc) is 3.99. The van der Waals surface area contributed by atoms with Crippen LogP contribution in [0.5, 0.6) is 11.5 Å². The van der Waals surface area contributed by atoms with Crippen LogP contribution in [0.1, 0.15) is 59.8 Å². The fourth-order valence-corrected chi connectivity index (χ4v) is 14.1. The first-order valence-corrected chi connectivity index (χ1v) is 28.3. The van der Waals surface area contributed by atoms with Gasteiger partial charge in [-0.3, -0.25) is 24.7 Å². The summed E-state index contributed by atoms with van der Waals surface area (Å²) in [6, 6.07) is 14.5. The van der Waals surface area contributed by atoms with E-state index in [4.69, 9.17) is 14.2 Å². The van der Waals surface area contributed by atoms with Crippen molar-refractivity contribution < 1.29 is 40.8 Å². The van der Waals surface area contributed by atoms with Gasteiger partial charge in [0.05, 0.1) is 53.8 Å². The molecular weight excluding hydrogens is 971 g/mol. The van der Waals surface area contributed by atoms with Crippen molar-refractivity contribution in [3.63, 3.8) is 0 Å². The molecular formula is C49H61N9O10S3. The highest BCUT2D eigenvalue weighted by Gasteiger charge is 2.54. The fourth-order valence-electron chi connectivity index (χ4n) is 11.0. The number of aromatic nitrogens is 2. The molecule has 1 amide bonds. The number of fused-ring (bicyclic) bond motifs is 1. The maximum absolute atomic E-state index is 14.0. The first-order valence-electron chi connectivity index (χ1n) is 24.1. The standard InChI is InChI=1S/C49H61N9O10S3/c1-48(2)10-8-35(41(22-48)45-18-33(28-69-45)25-55-29-49(30-55)31-57(32-49)70(3,62)63)26-54-12-14-56(15-13-54)36-4-6-40(44(20-36)68-37-19-34-9-11-50-46(34)52-23-37)47(59)53-71(64,65)39-5-7-42(43(21-39)58(60)61)51-24-38-27-66-16-17-67-38/h4-7,9,11,18-21,23,28,35,38,41,51H,8,10,12-17,22,24-27,29-32H2,1-3H3,(H,50,52)(H,53,59)/t35-,38?,41?/m1/s1. The highest BCUT2D eigenvalue weighted by atomic mass is 32.2. The van der Waals surface area contributed by atoms with Gasteiger partial charge in [-0.1, -0.05) is 13.8 Å². The van der Waals surface area contributed by atoms with E-state index in [1.165, 1.54) is 41.4 Å². The minimum Gasteiger partial charge on any atom is -0.455 e. The number of anilines is 2. The van der Waals surface area contributed by atoms with E-state index in [-0.39, 0.29) is 40.5 Å². The minimum absolute atomic E-state index is 0.0521. The summed E-state index contributed by atoms with van der Waals surface area (Å²) in [5.41, 5.74) is 2.73. The number of ether oxygens (including phenoxy) is 3. The number of pyridine rings is 1. The number of H-pyrrole nitrogens is 1. The molecule has 4 saturated heterocycles. The molecule has 3 aromatic heterocycles. The summed E-state index contributed by atoms with van der Waals surface area (Å²) >= 11 is 1.88. The lowest BCUT2D eigenvalue weighted by Crippen LogP contribution is -2.72. The lowest BCUT2D eigenvalue weighted by molar-refractivity contribution is -0.384. The molecule has 71 heavy (non-hydrogen) atoms. The Labute approximate surface area is 418 Å². The second-order valence-electron chi connectivity index (χ2n) is 20.8. The summed E-state index contributed by atoms with van der Waals surface area (Å²) in [6.07, 6.45) is 7.72. The number of thiophene rings is 1. The van der Waals surface area contributed by atoms with E-state index in [2.05, 4.69) is 60.0 Å². The molecule has 1 saturated carbocycles. The third-order valence-electron chi connectivity index (χ3n) is 14.7. The van der Waals surface area contributed by atoms with Crippen LogP contribution in [-0.2, 0) is 36.1 Å². The Hall–Kier alpha value is -5.20. The van der Waals surface area contributed by atoms with E-state index in [1.807, 2.05) is 17.4 Å². The number of sulfonamides is 2. The second kappa shape index (κ2) is 19.7. The number of nitro groups is 1. The van der Waals surface area contributed by atoms with Crippen molar-refractivity contribution in [1.82, 2.24) is 28.8 Å². The number of aromatic amines is 1. The highest BCUT2D eigenvalue weighted by Crippen LogP contribution is 2.49. The van der Waals surface area contributed by atoms with Gasteiger partial charge in [0, 0.05) is 112 Å². The van der Waals surface area contributed by atoms with Gasteiger partial charge in [0.25, 0.3) is 21.6 Å². The van der Waals surface area contributed by atoms with E-state index >= 15 is 0 Å². The Kier molecular flexibility index (Phi) is 13.7. The number of nitrogens with zero attached hydrogens (tertiary/aromatic N) is 6. The topological polar surface area (TPSA) is 222 Å². The predicted octanol–water partition coefficient (Wildman–Crippen LogP) is 6.08. The third kappa shape index (κ3) is 11.1. The lowest BCUT2D eigenvalue weighted by atomic mass is 9.66. The molecule has 5 aromatic rings. The van der Waals surface area contributed by atoms with Gasteiger partial charge in [0.2, 0.25) is 10.0 Å². The maximum Gasteiger partial charge on any atom is 0.293 e. The molecule has 5 fully saturated rings. The highest BCUT2D eigenvalue weighted by molar-refractivity contribution is 7.90. The second-order valence-corrected chi connectivity index (χ2v) is 25.4. The normalized spacial score (nSPS) is 23.0. The third-order valence-corrected chi connectivity index (χ3v) is 18.4. The molecule has 19 nitrogen and oxygen atoms in total. The van der Waals surface area contributed by atoms with Crippen molar-refractivity contribution in [3.05, 3.63) is 98.5 Å². The van der Waals surface area contributed by atoms with Gasteiger partial charge in [0.15, 0.2) is 0 Å². The van der Waals surface area contributed by atoms with Crippen LogP contribution in [0.4, 0.5) is 17.1 Å². The lowest BCUT2D eigenvalue weighted by Gasteiger charge is -2.59. The van der Waals surface area contributed by atoms with Crippen LogP contribution in [0.25, 0.3) is 11.0 Å². The van der Waals surface area contributed by atoms with E-state index in [9.17, 15) is 31.7 Å². The number of benzene rings is 2. The number of carbonyl (C=O) groups excluding carboxylic acids is 1. The number of rotatable bonds is 16. The molecule has 2 unspecified atom stereocenters. The van der Waals surface area contributed by atoms with Crippen LogP contribution >= 0.6 is 11.3 Å². The van der Waals surface area contributed by atoms with Gasteiger partial charge in [-0.15, -0.1) is 11.3 Å². The van der Waals surface area contributed by atoms with Crippen molar-refractivity contribution in [3.8, 4) is 11.5 Å². The van der Waals surface area contributed by atoms with Gasteiger partial charge in [0.1, 0.15) is 22.8 Å². The summed E-state index contributed by atoms with van der Waals surface area (Å²) in [6.45, 7) is 14.3. The van der Waals surface area contributed by atoms with Crippen LogP contribution in [0.2, 0.25) is 0 Å². The summed E-state index contributed by atoms with van der Waals surface area (Å²) < 4.78 is 72.4. The SMILES string of the molecule is CC1(C)CC[C@H](CN2CCN(c3ccc(C(=O)NS(=O)(=O)c4ccc(NCC5COCCO5)c([N+](=O)[O-])c4)c(Oc4cnc5[nH]ccc5c4)c3)CC2)C(c2cc(CN3CC4(C3)CN(S(C)(=O)=O)C4)cs2)C1. The van der Waals surface area contributed by atoms with E-state index < -0.39 is 41.5 Å². The van der Waals surface area contributed by atoms with E-state index in [0.29, 0.717) is 56.1 Å². The Morgan fingerprint density at radius 1 is 1.00 bits per heavy atom. The van der Waals surface area contributed by atoms with Crippen molar-refractivity contribution >= 4 is 65.4 Å². The zero-order valence-electron chi connectivity index (χ0n) is 40.2. The Bertz CT molecular complexity index is 3010. The Balaban J connectivity index is 0.804. The predicted molar refractivity (Wildman–Crippen MR) is 270 cm³/mol. The minimum atomic E-state index is -4.60. The maximum atomic E-state index is 14.0. The number of amides is 1. The van der Waals surface area contributed by atoms with Crippen LogP contribution in [-0.4, -0.2) is 149 Å². The molecule has 22 heteroatoms. The summed E-state index contributed by atoms with van der Waals surface area (Å²) in [4.78, 5) is 41.2. The largest absolute Gasteiger partial charge is 0.455 e. The summed E-state index contributed by atoms with van der Waals surface area (Å²) in [5, 5.41) is 18.2. The molecule has 3 N–H and O–H groups in total. The van der Waals surface area contributed by atoms with Gasteiger partial charge in [-0.05, 0) is 89.9 Å². The molecule has 2 aromatic carbocycles. The number of nitro benzene ring substituents is 1. The number of hydrogen-bond acceptors (Lipinski definition) is 16. The Morgan fingerprint density at radius 2 is 1.80 bits per heavy atom. The van der Waals surface area contributed by atoms with Crippen molar-refractivity contribution in [2.45, 2.75) is 56.6 Å². The van der Waals surface area contributed by atoms with Crippen molar-refractivity contribution in [1.29, 1.82) is 0 Å².